The molecule has 20 heavy (non-hydrogen) atoms. The number of halogens is 3. The van der Waals surface area contributed by atoms with Crippen LogP contribution in [0, 0.1) is 5.92 Å². The van der Waals surface area contributed by atoms with Crippen molar-refractivity contribution in [2.45, 2.75) is 18.3 Å². The zero-order valence-electron chi connectivity index (χ0n) is 11.3. The van der Waals surface area contributed by atoms with Gasteiger partial charge in [-0.25, -0.2) is 0 Å². The first-order valence-electron chi connectivity index (χ1n) is 5.84. The van der Waals surface area contributed by atoms with Gasteiger partial charge >= 0.3 is 11.4 Å². The normalized spacial score (nSPS) is 14.3. The van der Waals surface area contributed by atoms with Gasteiger partial charge in [-0.15, -0.1) is 0 Å². The molecular formula is C13H16ClF2NO3. The SMILES string of the molecule is COC(=O)[C@@H](C)[C@H](Nc1ccc(OC)cc1)C(F)(F)Cl. The standard InChI is InChI=1S/C13H16ClF2NO3/c1-8(12(18)20-3)11(13(14,15)16)17-9-4-6-10(19-2)7-5-9/h4-8,11,17H,1-3H3/t8-,11-/m0/s1. The highest BCUT2D eigenvalue weighted by Gasteiger charge is 2.44. The number of esters is 1. The number of carbonyl (C=O) groups excluding carboxylic acids is 1. The number of benzene rings is 1. The minimum absolute atomic E-state index is 0.395. The molecule has 0 saturated carbocycles. The summed E-state index contributed by atoms with van der Waals surface area (Å²) in [7, 11) is 2.63. The summed E-state index contributed by atoms with van der Waals surface area (Å²) in [5, 5.41) is -1.06. The number of carbonyl (C=O) groups is 1. The molecule has 112 valence electrons. The van der Waals surface area contributed by atoms with Crippen molar-refractivity contribution in [3.63, 3.8) is 0 Å². The first-order chi connectivity index (χ1) is 9.29. The number of ether oxygens (including phenoxy) is 2. The molecule has 0 radical (unpaired) electrons. The molecule has 0 unspecified atom stereocenters. The topological polar surface area (TPSA) is 47.6 Å². The Bertz CT molecular complexity index is 448. The number of anilines is 1. The second-order valence-electron chi connectivity index (χ2n) is 4.20. The van der Waals surface area contributed by atoms with Crippen molar-refractivity contribution >= 4 is 23.3 Å². The lowest BCUT2D eigenvalue weighted by Crippen LogP contribution is -2.44. The maximum atomic E-state index is 13.4. The van der Waals surface area contributed by atoms with E-state index in [4.69, 9.17) is 16.3 Å². The molecule has 4 nitrogen and oxygen atoms in total. The molecule has 1 N–H and O–H groups in total. The van der Waals surface area contributed by atoms with Crippen LogP contribution in [0.25, 0.3) is 0 Å². The minimum atomic E-state index is -3.60. The van der Waals surface area contributed by atoms with Crippen LogP contribution < -0.4 is 10.1 Å². The lowest BCUT2D eigenvalue weighted by atomic mass is 10.0. The lowest BCUT2D eigenvalue weighted by Gasteiger charge is -2.27. The molecule has 1 aromatic rings. The smallest absolute Gasteiger partial charge is 0.342 e. The number of methoxy groups -OCH3 is 2. The number of hydrogen-bond donors (Lipinski definition) is 1. The van der Waals surface area contributed by atoms with Crippen molar-refractivity contribution in [2.75, 3.05) is 19.5 Å². The summed E-state index contributed by atoms with van der Waals surface area (Å²) in [6.07, 6.45) is 0. The van der Waals surface area contributed by atoms with E-state index in [-0.39, 0.29) is 0 Å². The van der Waals surface area contributed by atoms with Gasteiger partial charge in [0.05, 0.1) is 20.1 Å². The van der Waals surface area contributed by atoms with Crippen LogP contribution in [0.3, 0.4) is 0 Å². The van der Waals surface area contributed by atoms with E-state index in [0.717, 1.165) is 7.11 Å². The van der Waals surface area contributed by atoms with Crippen LogP contribution in [0.1, 0.15) is 6.92 Å². The van der Waals surface area contributed by atoms with Gasteiger partial charge in [-0.05, 0) is 42.8 Å². The van der Waals surface area contributed by atoms with Crippen LogP contribution in [0.5, 0.6) is 5.75 Å². The van der Waals surface area contributed by atoms with Crippen LogP contribution in [-0.4, -0.2) is 31.6 Å². The summed E-state index contributed by atoms with van der Waals surface area (Å²) in [5.74, 6) is -1.29. The Morgan fingerprint density at radius 3 is 2.25 bits per heavy atom. The number of alkyl halides is 3. The van der Waals surface area contributed by atoms with E-state index < -0.39 is 23.3 Å². The summed E-state index contributed by atoms with van der Waals surface area (Å²) in [6, 6.07) is 4.73. The first-order valence-corrected chi connectivity index (χ1v) is 6.22. The molecule has 0 aliphatic carbocycles. The maximum Gasteiger partial charge on any atom is 0.342 e. The van der Waals surface area contributed by atoms with Gasteiger partial charge in [-0.2, -0.15) is 8.78 Å². The highest BCUT2D eigenvalue weighted by atomic mass is 35.5. The quantitative estimate of drug-likeness (QED) is 0.648. The number of nitrogens with one attached hydrogen (secondary N) is 1. The first kappa shape index (κ1) is 16.5. The second kappa shape index (κ2) is 6.74. The highest BCUT2D eigenvalue weighted by Crippen LogP contribution is 2.32. The molecule has 0 aliphatic heterocycles. The maximum absolute atomic E-state index is 13.4. The van der Waals surface area contributed by atoms with Gasteiger partial charge in [0.2, 0.25) is 0 Å². The molecule has 0 spiro atoms. The van der Waals surface area contributed by atoms with Crippen LogP contribution in [-0.2, 0) is 9.53 Å². The minimum Gasteiger partial charge on any atom is -0.497 e. The van der Waals surface area contributed by atoms with Crippen LogP contribution >= 0.6 is 11.6 Å². The van der Waals surface area contributed by atoms with E-state index in [1.165, 1.54) is 14.0 Å². The predicted octanol–water partition coefficient (Wildman–Crippen LogP) is 3.12. The number of hydrogen-bond acceptors (Lipinski definition) is 4. The molecule has 2 atom stereocenters. The van der Waals surface area contributed by atoms with Crippen LogP contribution in [0.15, 0.2) is 24.3 Å². The Labute approximate surface area is 121 Å². The van der Waals surface area contributed by atoms with E-state index >= 15 is 0 Å². The summed E-state index contributed by atoms with van der Waals surface area (Å²) in [5.41, 5.74) is 0.395. The Kier molecular flexibility index (Phi) is 5.56. The van der Waals surface area contributed by atoms with Gasteiger partial charge in [0.25, 0.3) is 0 Å². The highest BCUT2D eigenvalue weighted by molar-refractivity contribution is 6.22. The van der Waals surface area contributed by atoms with Crippen LogP contribution in [0.4, 0.5) is 14.5 Å². The molecule has 0 aliphatic rings. The Morgan fingerprint density at radius 2 is 1.85 bits per heavy atom. The van der Waals surface area contributed by atoms with Crippen LogP contribution in [0.2, 0.25) is 0 Å². The van der Waals surface area contributed by atoms with Crippen molar-refractivity contribution in [2.24, 2.45) is 5.92 Å². The molecule has 0 saturated heterocycles. The molecule has 1 rings (SSSR count). The third-order valence-corrected chi connectivity index (χ3v) is 3.07. The zero-order chi connectivity index (χ0) is 15.3. The van der Waals surface area contributed by atoms with Crippen molar-refractivity contribution in [1.29, 1.82) is 0 Å². The van der Waals surface area contributed by atoms with Crippen molar-refractivity contribution in [3.05, 3.63) is 24.3 Å². The molecule has 0 fully saturated rings. The van der Waals surface area contributed by atoms with Crippen molar-refractivity contribution < 1.29 is 23.0 Å². The van der Waals surface area contributed by atoms with Gasteiger partial charge < -0.3 is 14.8 Å². The molecule has 7 heteroatoms. The predicted molar refractivity (Wildman–Crippen MR) is 72.4 cm³/mol. The van der Waals surface area contributed by atoms with Crippen molar-refractivity contribution in [3.8, 4) is 5.75 Å². The lowest BCUT2D eigenvalue weighted by molar-refractivity contribution is -0.147. The van der Waals surface area contributed by atoms with Gasteiger partial charge in [0, 0.05) is 5.69 Å². The molecule has 0 heterocycles. The van der Waals surface area contributed by atoms with E-state index in [0.29, 0.717) is 11.4 Å². The van der Waals surface area contributed by atoms with Gasteiger partial charge in [0.1, 0.15) is 11.8 Å². The van der Waals surface area contributed by atoms with Gasteiger partial charge in [0.15, 0.2) is 0 Å². The Hall–Kier alpha value is -1.56. The fourth-order valence-electron chi connectivity index (χ4n) is 1.68. The van der Waals surface area contributed by atoms with E-state index in [1.807, 2.05) is 0 Å². The molecule has 0 amide bonds. The second-order valence-corrected chi connectivity index (χ2v) is 4.71. The molecular weight excluding hydrogens is 292 g/mol. The third kappa shape index (κ3) is 4.23. The Balaban J connectivity index is 2.92. The summed E-state index contributed by atoms with van der Waals surface area (Å²) < 4.78 is 36.3. The summed E-state index contributed by atoms with van der Waals surface area (Å²) in [6.45, 7) is 1.32. The summed E-state index contributed by atoms with van der Waals surface area (Å²) in [4.78, 5) is 11.4. The van der Waals surface area contributed by atoms with E-state index in [1.54, 1.807) is 24.3 Å². The van der Waals surface area contributed by atoms with E-state index in [9.17, 15) is 13.6 Å². The fraction of sp³-hybridized carbons (Fsp3) is 0.462. The fourth-order valence-corrected chi connectivity index (χ4v) is 1.92. The van der Waals surface area contributed by atoms with Gasteiger partial charge in [-0.1, -0.05) is 0 Å². The average molecular weight is 308 g/mol. The average Bonchev–Trinajstić information content (AvgIpc) is 2.42. The van der Waals surface area contributed by atoms with E-state index in [2.05, 4.69) is 10.1 Å². The molecule has 1 aromatic carbocycles. The largest absolute Gasteiger partial charge is 0.497 e. The monoisotopic (exact) mass is 307 g/mol. The molecule has 0 bridgehead atoms. The number of rotatable bonds is 6. The van der Waals surface area contributed by atoms with Crippen molar-refractivity contribution in [1.82, 2.24) is 0 Å². The van der Waals surface area contributed by atoms with Gasteiger partial charge in [-0.3, -0.25) is 4.79 Å². The summed E-state index contributed by atoms with van der Waals surface area (Å²) >= 11 is 5.08. The zero-order valence-corrected chi connectivity index (χ0v) is 12.1. The Morgan fingerprint density at radius 1 is 1.30 bits per heavy atom. The molecule has 0 aromatic heterocycles. The third-order valence-electron chi connectivity index (χ3n) is 2.84.